The Kier molecular flexibility index (Phi) is 6.17. The fourth-order valence-corrected chi connectivity index (χ4v) is 5.50. The molecular formula is C27H37N5O. The van der Waals surface area contributed by atoms with Crippen LogP contribution in [-0.2, 0) is 19.9 Å². The highest BCUT2D eigenvalue weighted by molar-refractivity contribution is 5.94. The Morgan fingerprint density at radius 2 is 1.39 bits per heavy atom. The number of phenolic OH excluding ortho intramolecular Hbond substituents is 1. The van der Waals surface area contributed by atoms with Crippen LogP contribution >= 0.6 is 0 Å². The van der Waals surface area contributed by atoms with Crippen LogP contribution in [0.15, 0.2) is 18.2 Å². The maximum atomic E-state index is 10.8. The summed E-state index contributed by atoms with van der Waals surface area (Å²) in [5.74, 6) is 2.44. The Morgan fingerprint density at radius 1 is 0.818 bits per heavy atom. The lowest BCUT2D eigenvalue weighted by Crippen LogP contribution is -2.24. The molecule has 5 rings (SSSR count). The molecule has 33 heavy (non-hydrogen) atoms. The third-order valence-corrected chi connectivity index (χ3v) is 7.25. The molecule has 0 atom stereocenters. The van der Waals surface area contributed by atoms with E-state index in [0.29, 0.717) is 5.75 Å². The summed E-state index contributed by atoms with van der Waals surface area (Å²) in [6.07, 6.45) is 8.69. The van der Waals surface area contributed by atoms with Crippen LogP contribution in [-0.4, -0.2) is 45.8 Å². The summed E-state index contributed by atoms with van der Waals surface area (Å²) in [5.41, 5.74) is 5.41. The molecule has 2 aliphatic rings. The van der Waals surface area contributed by atoms with Gasteiger partial charge in [-0.05, 0) is 73.4 Å². The number of fused-ring (bicyclic) bond motifs is 1. The molecule has 4 heterocycles. The van der Waals surface area contributed by atoms with Gasteiger partial charge in [0.1, 0.15) is 17.2 Å². The van der Waals surface area contributed by atoms with Crippen LogP contribution < -0.4 is 9.80 Å². The van der Waals surface area contributed by atoms with Crippen LogP contribution in [0.25, 0.3) is 22.3 Å². The summed E-state index contributed by atoms with van der Waals surface area (Å²) in [5, 5.41) is 12.0. The van der Waals surface area contributed by atoms with Crippen molar-refractivity contribution in [3.05, 3.63) is 29.3 Å². The van der Waals surface area contributed by atoms with Gasteiger partial charge >= 0.3 is 0 Å². The number of aromatic nitrogens is 3. The zero-order chi connectivity index (χ0) is 22.9. The Bertz CT molecular complexity index is 1110. The van der Waals surface area contributed by atoms with Gasteiger partial charge in [0.2, 0.25) is 5.95 Å². The summed E-state index contributed by atoms with van der Waals surface area (Å²) in [6.45, 7) is 8.55. The topological polar surface area (TPSA) is 57.4 Å². The molecule has 0 bridgehead atoms. The standard InChI is InChI=1S/C27H37N5O/c1-4-10-19-16-21(17-20(11-5-2)24(19)33)23-18-22-25(30(23)3)28-27(32-14-8-9-15-32)29-26(22)31-12-6-7-13-31/h16-18,33H,4-15H2,1-3H3. The molecule has 0 aliphatic carbocycles. The van der Waals surface area contributed by atoms with Gasteiger partial charge in [-0.25, -0.2) is 0 Å². The number of aryl methyl sites for hydroxylation is 3. The number of phenols is 1. The van der Waals surface area contributed by atoms with E-state index in [2.05, 4.69) is 53.5 Å². The van der Waals surface area contributed by atoms with Gasteiger partial charge in [-0.3, -0.25) is 0 Å². The van der Waals surface area contributed by atoms with Crippen LogP contribution in [0.5, 0.6) is 5.75 Å². The van der Waals surface area contributed by atoms with E-state index < -0.39 is 0 Å². The molecule has 0 spiro atoms. The first-order chi connectivity index (χ1) is 16.1. The third kappa shape index (κ3) is 4.04. The van der Waals surface area contributed by atoms with Crippen LogP contribution in [0.4, 0.5) is 11.8 Å². The molecule has 2 fully saturated rings. The van der Waals surface area contributed by atoms with Crippen molar-refractivity contribution in [2.45, 2.75) is 65.2 Å². The number of hydrogen-bond donors (Lipinski definition) is 1. The number of aromatic hydroxyl groups is 1. The van der Waals surface area contributed by atoms with Crippen molar-refractivity contribution in [1.82, 2.24) is 14.5 Å². The normalized spacial score (nSPS) is 16.5. The molecule has 1 aromatic carbocycles. The molecule has 0 unspecified atom stereocenters. The predicted molar refractivity (Wildman–Crippen MR) is 136 cm³/mol. The van der Waals surface area contributed by atoms with E-state index in [1.54, 1.807) is 0 Å². The van der Waals surface area contributed by atoms with Crippen LogP contribution in [0.2, 0.25) is 0 Å². The van der Waals surface area contributed by atoms with Crippen molar-refractivity contribution < 1.29 is 5.11 Å². The molecule has 2 aromatic heterocycles. The molecule has 0 saturated carbocycles. The average molecular weight is 448 g/mol. The number of nitrogens with zero attached hydrogens (tertiary/aromatic N) is 5. The van der Waals surface area contributed by atoms with E-state index in [4.69, 9.17) is 9.97 Å². The van der Waals surface area contributed by atoms with Crippen molar-refractivity contribution in [2.24, 2.45) is 7.05 Å². The highest BCUT2D eigenvalue weighted by atomic mass is 16.3. The molecular weight excluding hydrogens is 410 g/mol. The smallest absolute Gasteiger partial charge is 0.229 e. The van der Waals surface area contributed by atoms with E-state index in [-0.39, 0.29) is 0 Å². The van der Waals surface area contributed by atoms with Gasteiger partial charge in [0.15, 0.2) is 0 Å². The lowest BCUT2D eigenvalue weighted by molar-refractivity contribution is 0.460. The average Bonchev–Trinajstić information content (AvgIpc) is 3.58. The Labute approximate surface area is 197 Å². The van der Waals surface area contributed by atoms with Crippen LogP contribution in [0.1, 0.15) is 63.5 Å². The summed E-state index contributed by atoms with van der Waals surface area (Å²) in [7, 11) is 2.12. The SMILES string of the molecule is CCCc1cc(-c2cc3c(N4CCCC4)nc(N4CCCC4)nc3n2C)cc(CCC)c1O. The van der Waals surface area contributed by atoms with Crippen molar-refractivity contribution in [1.29, 1.82) is 0 Å². The fraction of sp³-hybridized carbons (Fsp3) is 0.556. The van der Waals surface area contributed by atoms with Gasteiger partial charge in [-0.2, -0.15) is 9.97 Å². The maximum Gasteiger partial charge on any atom is 0.229 e. The van der Waals surface area contributed by atoms with Crippen LogP contribution in [0, 0.1) is 0 Å². The minimum Gasteiger partial charge on any atom is -0.507 e. The van der Waals surface area contributed by atoms with Gasteiger partial charge in [0.05, 0.1) is 11.1 Å². The number of rotatable bonds is 7. The van der Waals surface area contributed by atoms with E-state index >= 15 is 0 Å². The monoisotopic (exact) mass is 447 g/mol. The summed E-state index contributed by atoms with van der Waals surface area (Å²) in [6, 6.07) is 6.63. The van der Waals surface area contributed by atoms with Crippen molar-refractivity contribution in [2.75, 3.05) is 36.0 Å². The predicted octanol–water partition coefficient (Wildman–Crippen LogP) is 5.45. The molecule has 1 N–H and O–H groups in total. The number of benzene rings is 1. The first-order valence-corrected chi connectivity index (χ1v) is 12.8. The Morgan fingerprint density at radius 3 is 1.97 bits per heavy atom. The summed E-state index contributed by atoms with van der Waals surface area (Å²) in [4.78, 5) is 15.0. The quantitative estimate of drug-likeness (QED) is 0.522. The molecule has 6 heteroatoms. The van der Waals surface area contributed by atoms with E-state index in [9.17, 15) is 5.11 Å². The minimum absolute atomic E-state index is 0.482. The van der Waals surface area contributed by atoms with E-state index in [0.717, 1.165) is 97.0 Å². The summed E-state index contributed by atoms with van der Waals surface area (Å²) >= 11 is 0. The maximum absolute atomic E-state index is 10.8. The van der Waals surface area contributed by atoms with Gasteiger partial charge in [-0.1, -0.05) is 26.7 Å². The molecule has 176 valence electrons. The molecule has 6 nitrogen and oxygen atoms in total. The first kappa shape index (κ1) is 22.1. The molecule has 0 radical (unpaired) electrons. The Balaban J connectivity index is 1.68. The fourth-order valence-electron chi connectivity index (χ4n) is 5.50. The molecule has 2 aliphatic heterocycles. The molecule has 2 saturated heterocycles. The first-order valence-electron chi connectivity index (χ1n) is 12.8. The zero-order valence-electron chi connectivity index (χ0n) is 20.4. The molecule has 0 amide bonds. The van der Waals surface area contributed by atoms with Crippen LogP contribution in [0.3, 0.4) is 0 Å². The molecule has 3 aromatic rings. The second kappa shape index (κ2) is 9.24. The summed E-state index contributed by atoms with van der Waals surface area (Å²) < 4.78 is 2.23. The van der Waals surface area contributed by atoms with Crippen molar-refractivity contribution in [3.63, 3.8) is 0 Å². The number of hydrogen-bond acceptors (Lipinski definition) is 5. The largest absolute Gasteiger partial charge is 0.507 e. The van der Waals surface area contributed by atoms with Gasteiger partial charge < -0.3 is 19.5 Å². The van der Waals surface area contributed by atoms with Gasteiger partial charge in [0, 0.05) is 33.2 Å². The minimum atomic E-state index is 0.482. The Hall–Kier alpha value is -2.76. The second-order valence-corrected chi connectivity index (χ2v) is 9.70. The third-order valence-electron chi connectivity index (χ3n) is 7.25. The van der Waals surface area contributed by atoms with Gasteiger partial charge in [-0.15, -0.1) is 0 Å². The van der Waals surface area contributed by atoms with Crippen molar-refractivity contribution >= 4 is 22.8 Å². The second-order valence-electron chi connectivity index (χ2n) is 9.70. The van der Waals surface area contributed by atoms with E-state index in [1.165, 1.54) is 25.7 Å². The lowest BCUT2D eigenvalue weighted by Gasteiger charge is -2.21. The zero-order valence-corrected chi connectivity index (χ0v) is 20.4. The van der Waals surface area contributed by atoms with Gasteiger partial charge in [0.25, 0.3) is 0 Å². The lowest BCUT2D eigenvalue weighted by atomic mass is 9.97. The number of anilines is 2. The van der Waals surface area contributed by atoms with E-state index in [1.807, 2.05) is 0 Å². The van der Waals surface area contributed by atoms with Crippen molar-refractivity contribution in [3.8, 4) is 17.0 Å². The highest BCUT2D eigenvalue weighted by Crippen LogP contribution is 2.37. The highest BCUT2D eigenvalue weighted by Gasteiger charge is 2.25.